The molecular formula is C16H17N3O2S. The zero-order chi connectivity index (χ0) is 15.4. The van der Waals surface area contributed by atoms with Crippen molar-refractivity contribution >= 4 is 21.5 Å². The summed E-state index contributed by atoms with van der Waals surface area (Å²) in [6.45, 7) is 1.74. The monoisotopic (exact) mass is 315 g/mol. The van der Waals surface area contributed by atoms with Gasteiger partial charge in [-0.1, -0.05) is 18.2 Å². The number of aliphatic imine (C=N–C) groups is 1. The van der Waals surface area contributed by atoms with E-state index in [1.165, 1.54) is 0 Å². The van der Waals surface area contributed by atoms with Gasteiger partial charge in [0.2, 0.25) is 0 Å². The van der Waals surface area contributed by atoms with Gasteiger partial charge in [0.15, 0.2) is 0 Å². The second-order valence-electron chi connectivity index (χ2n) is 5.01. The van der Waals surface area contributed by atoms with Crippen LogP contribution in [0, 0.1) is 0 Å². The van der Waals surface area contributed by atoms with Crippen LogP contribution in [-0.2, 0) is 10.0 Å². The Morgan fingerprint density at radius 2 is 1.73 bits per heavy atom. The Morgan fingerprint density at radius 3 is 2.36 bits per heavy atom. The molecule has 0 saturated carbocycles. The quantitative estimate of drug-likeness (QED) is 0.909. The van der Waals surface area contributed by atoms with Gasteiger partial charge in [-0.15, -0.1) is 0 Å². The number of nitrogens with zero attached hydrogens (tertiary/aromatic N) is 1. The highest BCUT2D eigenvalue weighted by Crippen LogP contribution is 2.16. The van der Waals surface area contributed by atoms with E-state index in [1.54, 1.807) is 42.5 Å². The van der Waals surface area contributed by atoms with Crippen LogP contribution in [0.15, 0.2) is 64.5 Å². The van der Waals surface area contributed by atoms with Crippen LogP contribution in [0.4, 0.5) is 5.69 Å². The molecule has 0 atom stereocenters. The van der Waals surface area contributed by atoms with Gasteiger partial charge in [-0.05, 0) is 42.8 Å². The summed E-state index contributed by atoms with van der Waals surface area (Å²) in [4.78, 5) is 4.67. The van der Waals surface area contributed by atoms with Crippen LogP contribution in [0.5, 0.6) is 0 Å². The fraction of sp³-hybridized carbons (Fsp3) is 0.188. The standard InChI is InChI=1S/C16H17N3O2S/c20-22(21,15-5-2-1-3-6-15)19-14-9-7-13(8-10-14)16-17-11-4-12-18-16/h1-3,5-10,19H,4,11-12H2,(H,17,18). The van der Waals surface area contributed by atoms with Crippen LogP contribution >= 0.6 is 0 Å². The summed E-state index contributed by atoms with van der Waals surface area (Å²) in [5.74, 6) is 0.865. The van der Waals surface area contributed by atoms with Crippen LogP contribution in [0.25, 0.3) is 0 Å². The summed E-state index contributed by atoms with van der Waals surface area (Å²) in [6.07, 6.45) is 1.04. The molecule has 114 valence electrons. The first-order chi connectivity index (χ1) is 10.6. The molecule has 0 aromatic heterocycles. The largest absolute Gasteiger partial charge is 0.370 e. The van der Waals surface area contributed by atoms with E-state index in [9.17, 15) is 8.42 Å². The number of hydrogen-bond acceptors (Lipinski definition) is 4. The lowest BCUT2D eigenvalue weighted by molar-refractivity contribution is 0.601. The molecule has 0 fully saturated rings. The zero-order valence-electron chi connectivity index (χ0n) is 12.0. The summed E-state index contributed by atoms with van der Waals surface area (Å²) in [6, 6.07) is 15.5. The maximum absolute atomic E-state index is 12.2. The summed E-state index contributed by atoms with van der Waals surface area (Å²) in [5, 5.41) is 3.24. The van der Waals surface area contributed by atoms with Gasteiger partial charge in [0, 0.05) is 24.3 Å². The molecule has 0 unspecified atom stereocenters. The molecule has 0 spiro atoms. The Hall–Kier alpha value is -2.34. The Labute approximate surface area is 130 Å². The lowest BCUT2D eigenvalue weighted by atomic mass is 10.1. The minimum Gasteiger partial charge on any atom is -0.370 e. The van der Waals surface area contributed by atoms with Crippen LogP contribution in [-0.4, -0.2) is 27.3 Å². The average Bonchev–Trinajstić information content (AvgIpc) is 2.57. The fourth-order valence-corrected chi connectivity index (χ4v) is 3.32. The third-order valence-corrected chi connectivity index (χ3v) is 4.76. The minimum absolute atomic E-state index is 0.248. The average molecular weight is 315 g/mol. The number of amidine groups is 1. The van der Waals surface area contributed by atoms with E-state index >= 15 is 0 Å². The number of hydrogen-bond donors (Lipinski definition) is 2. The Balaban J connectivity index is 1.78. The SMILES string of the molecule is O=S(=O)(Nc1ccc(C2=NCCCN2)cc1)c1ccccc1. The first kappa shape index (κ1) is 14.6. The van der Waals surface area contributed by atoms with Crippen molar-refractivity contribution in [1.82, 2.24) is 5.32 Å². The molecule has 2 aromatic carbocycles. The molecular weight excluding hydrogens is 298 g/mol. The molecule has 1 aliphatic rings. The normalized spacial score (nSPS) is 14.8. The van der Waals surface area contributed by atoms with E-state index in [1.807, 2.05) is 12.1 Å². The first-order valence-corrected chi connectivity index (χ1v) is 8.60. The summed E-state index contributed by atoms with van der Waals surface area (Å²) < 4.78 is 27.1. The van der Waals surface area contributed by atoms with Gasteiger partial charge in [0.1, 0.15) is 5.84 Å². The number of anilines is 1. The number of rotatable bonds is 4. The predicted molar refractivity (Wildman–Crippen MR) is 87.7 cm³/mol. The molecule has 1 heterocycles. The van der Waals surface area contributed by atoms with Crippen LogP contribution in [0.2, 0.25) is 0 Å². The Morgan fingerprint density at radius 1 is 1.00 bits per heavy atom. The van der Waals surface area contributed by atoms with E-state index < -0.39 is 10.0 Å². The zero-order valence-corrected chi connectivity index (χ0v) is 12.8. The molecule has 0 aliphatic carbocycles. The van der Waals surface area contributed by atoms with Gasteiger partial charge < -0.3 is 5.32 Å². The van der Waals surface area contributed by atoms with Crippen LogP contribution in [0.1, 0.15) is 12.0 Å². The second kappa shape index (κ2) is 6.19. The van der Waals surface area contributed by atoms with E-state index in [0.717, 1.165) is 30.9 Å². The summed E-state index contributed by atoms with van der Waals surface area (Å²) in [5.41, 5.74) is 1.49. The smallest absolute Gasteiger partial charge is 0.261 e. The fourth-order valence-electron chi connectivity index (χ4n) is 2.24. The van der Waals surface area contributed by atoms with Crippen molar-refractivity contribution in [2.45, 2.75) is 11.3 Å². The number of benzene rings is 2. The molecule has 1 aliphatic heterocycles. The van der Waals surface area contributed by atoms with Gasteiger partial charge >= 0.3 is 0 Å². The van der Waals surface area contributed by atoms with Crippen LogP contribution in [0.3, 0.4) is 0 Å². The van der Waals surface area contributed by atoms with Crippen LogP contribution < -0.4 is 10.0 Å². The van der Waals surface area contributed by atoms with Crippen molar-refractivity contribution < 1.29 is 8.42 Å². The molecule has 3 rings (SSSR count). The molecule has 5 nitrogen and oxygen atoms in total. The highest BCUT2D eigenvalue weighted by Gasteiger charge is 2.13. The molecule has 2 N–H and O–H groups in total. The molecule has 0 bridgehead atoms. The third kappa shape index (κ3) is 3.28. The van der Waals surface area contributed by atoms with Gasteiger partial charge in [-0.25, -0.2) is 8.42 Å². The molecule has 0 amide bonds. The van der Waals surface area contributed by atoms with E-state index in [0.29, 0.717) is 5.69 Å². The highest BCUT2D eigenvalue weighted by molar-refractivity contribution is 7.92. The first-order valence-electron chi connectivity index (χ1n) is 7.12. The summed E-state index contributed by atoms with van der Waals surface area (Å²) >= 11 is 0. The molecule has 22 heavy (non-hydrogen) atoms. The lowest BCUT2D eigenvalue weighted by Crippen LogP contribution is -2.30. The van der Waals surface area contributed by atoms with E-state index in [2.05, 4.69) is 15.0 Å². The predicted octanol–water partition coefficient (Wildman–Crippen LogP) is 2.23. The van der Waals surface area contributed by atoms with Gasteiger partial charge in [-0.2, -0.15) is 0 Å². The Kier molecular flexibility index (Phi) is 4.11. The molecule has 0 radical (unpaired) electrons. The summed E-state index contributed by atoms with van der Waals surface area (Å²) in [7, 11) is -3.55. The topological polar surface area (TPSA) is 70.6 Å². The third-order valence-electron chi connectivity index (χ3n) is 3.36. The highest BCUT2D eigenvalue weighted by atomic mass is 32.2. The van der Waals surface area contributed by atoms with E-state index in [4.69, 9.17) is 0 Å². The minimum atomic E-state index is -3.55. The molecule has 6 heteroatoms. The van der Waals surface area contributed by atoms with Crippen molar-refractivity contribution in [2.24, 2.45) is 4.99 Å². The van der Waals surface area contributed by atoms with Gasteiger partial charge in [0.25, 0.3) is 10.0 Å². The number of nitrogens with one attached hydrogen (secondary N) is 2. The maximum Gasteiger partial charge on any atom is 0.261 e. The molecule has 0 saturated heterocycles. The van der Waals surface area contributed by atoms with Gasteiger partial charge in [-0.3, -0.25) is 9.71 Å². The van der Waals surface area contributed by atoms with E-state index in [-0.39, 0.29) is 4.90 Å². The number of sulfonamides is 1. The van der Waals surface area contributed by atoms with Gasteiger partial charge in [0.05, 0.1) is 4.90 Å². The molecule has 2 aromatic rings. The lowest BCUT2D eigenvalue weighted by Gasteiger charge is -2.15. The van der Waals surface area contributed by atoms with Crippen molar-refractivity contribution in [3.8, 4) is 0 Å². The maximum atomic E-state index is 12.2. The Bertz CT molecular complexity index is 769. The van der Waals surface area contributed by atoms with Crippen molar-refractivity contribution in [1.29, 1.82) is 0 Å². The van der Waals surface area contributed by atoms with Crippen molar-refractivity contribution in [3.63, 3.8) is 0 Å². The second-order valence-corrected chi connectivity index (χ2v) is 6.69. The van der Waals surface area contributed by atoms with Crippen molar-refractivity contribution in [3.05, 3.63) is 60.2 Å². The van der Waals surface area contributed by atoms with Crippen molar-refractivity contribution in [2.75, 3.05) is 17.8 Å².